The largest absolute Gasteiger partial charge is 0.366 e. The van der Waals surface area contributed by atoms with Crippen LogP contribution in [-0.4, -0.2) is 15.5 Å². The number of rotatable bonds is 3. The summed E-state index contributed by atoms with van der Waals surface area (Å²) in [6, 6.07) is 15.6. The quantitative estimate of drug-likeness (QED) is 0.628. The Morgan fingerprint density at radius 3 is 2.71 bits per heavy atom. The summed E-state index contributed by atoms with van der Waals surface area (Å²) in [5.74, 6) is -0.824. The zero-order valence-electron chi connectivity index (χ0n) is 12.7. The summed E-state index contributed by atoms with van der Waals surface area (Å²) in [6.07, 6.45) is 1.72. The highest BCUT2D eigenvalue weighted by Crippen LogP contribution is 2.32. The molecule has 0 spiro atoms. The maximum Gasteiger partial charge on any atom is 0.249 e. The molecule has 0 aliphatic heterocycles. The van der Waals surface area contributed by atoms with Crippen LogP contribution in [0.25, 0.3) is 21.8 Å². The molecule has 118 valence electrons. The lowest BCUT2D eigenvalue weighted by molar-refractivity contribution is 0.100. The highest BCUT2D eigenvalue weighted by molar-refractivity contribution is 6.17. The van der Waals surface area contributed by atoms with E-state index in [2.05, 4.69) is 4.98 Å². The maximum absolute atomic E-state index is 13.8. The number of fused-ring (bicyclic) bond motifs is 3. The second kappa shape index (κ2) is 5.45. The fourth-order valence-corrected chi connectivity index (χ4v) is 3.15. The Kier molecular flexibility index (Phi) is 3.27. The van der Waals surface area contributed by atoms with Crippen LogP contribution >= 0.6 is 0 Å². The highest BCUT2D eigenvalue weighted by atomic mass is 19.1. The number of hydrogen-bond acceptors (Lipinski definition) is 2. The SMILES string of the molecule is NC(=O)c1cccc2c1c1ccc(F)cc1n2Cc1ccccn1. The lowest BCUT2D eigenvalue weighted by Crippen LogP contribution is -2.11. The van der Waals surface area contributed by atoms with Crippen molar-refractivity contribution < 1.29 is 9.18 Å². The van der Waals surface area contributed by atoms with E-state index in [4.69, 9.17) is 5.73 Å². The Hall–Kier alpha value is -3.21. The molecule has 4 aromatic rings. The minimum absolute atomic E-state index is 0.326. The number of benzene rings is 2. The first kappa shape index (κ1) is 14.4. The van der Waals surface area contributed by atoms with Gasteiger partial charge in [-0.1, -0.05) is 12.1 Å². The molecular weight excluding hydrogens is 305 g/mol. The molecule has 24 heavy (non-hydrogen) atoms. The highest BCUT2D eigenvalue weighted by Gasteiger charge is 2.17. The van der Waals surface area contributed by atoms with Gasteiger partial charge in [-0.15, -0.1) is 0 Å². The number of nitrogens with zero attached hydrogens (tertiary/aromatic N) is 2. The predicted octanol–water partition coefficient (Wildman–Crippen LogP) is 3.48. The van der Waals surface area contributed by atoms with Crippen molar-refractivity contribution >= 4 is 27.7 Å². The van der Waals surface area contributed by atoms with Crippen LogP contribution in [0, 0.1) is 5.82 Å². The van der Waals surface area contributed by atoms with Crippen LogP contribution in [0.15, 0.2) is 60.8 Å². The smallest absolute Gasteiger partial charge is 0.249 e. The Morgan fingerprint density at radius 1 is 1.08 bits per heavy atom. The summed E-state index contributed by atoms with van der Waals surface area (Å²) < 4.78 is 15.8. The second-order valence-corrected chi connectivity index (χ2v) is 5.63. The van der Waals surface area contributed by atoms with Gasteiger partial charge in [-0.05, 0) is 42.5 Å². The average molecular weight is 319 g/mol. The van der Waals surface area contributed by atoms with Gasteiger partial charge in [-0.2, -0.15) is 0 Å². The van der Waals surface area contributed by atoms with E-state index in [1.807, 2.05) is 28.8 Å². The van der Waals surface area contributed by atoms with Crippen LogP contribution in [0.1, 0.15) is 16.1 Å². The van der Waals surface area contributed by atoms with Crippen LogP contribution in [-0.2, 0) is 6.54 Å². The number of nitrogens with two attached hydrogens (primary N) is 1. The lowest BCUT2D eigenvalue weighted by atomic mass is 10.1. The van der Waals surface area contributed by atoms with Gasteiger partial charge in [-0.25, -0.2) is 4.39 Å². The van der Waals surface area contributed by atoms with E-state index in [-0.39, 0.29) is 5.82 Å². The molecule has 0 aliphatic carbocycles. The van der Waals surface area contributed by atoms with E-state index < -0.39 is 5.91 Å². The lowest BCUT2D eigenvalue weighted by Gasteiger charge is -2.07. The Morgan fingerprint density at radius 2 is 1.96 bits per heavy atom. The van der Waals surface area contributed by atoms with Crippen molar-refractivity contribution in [3.63, 3.8) is 0 Å². The van der Waals surface area contributed by atoms with Gasteiger partial charge in [0, 0.05) is 22.5 Å². The van der Waals surface area contributed by atoms with Crippen molar-refractivity contribution in [1.29, 1.82) is 0 Å². The topological polar surface area (TPSA) is 60.9 Å². The van der Waals surface area contributed by atoms with E-state index in [1.54, 1.807) is 24.4 Å². The zero-order valence-corrected chi connectivity index (χ0v) is 12.7. The number of amides is 1. The monoisotopic (exact) mass is 319 g/mol. The molecule has 2 aromatic carbocycles. The molecule has 4 rings (SSSR count). The average Bonchev–Trinajstić information content (AvgIpc) is 2.89. The number of carbonyl (C=O) groups is 1. The Labute approximate surface area is 137 Å². The molecule has 4 nitrogen and oxygen atoms in total. The van der Waals surface area contributed by atoms with Gasteiger partial charge in [0.2, 0.25) is 5.91 Å². The van der Waals surface area contributed by atoms with Crippen LogP contribution in [0.3, 0.4) is 0 Å². The van der Waals surface area contributed by atoms with E-state index in [0.29, 0.717) is 17.6 Å². The summed E-state index contributed by atoms with van der Waals surface area (Å²) in [6.45, 7) is 0.479. The molecule has 0 saturated carbocycles. The van der Waals surface area contributed by atoms with Crippen molar-refractivity contribution in [1.82, 2.24) is 9.55 Å². The molecule has 2 N–H and O–H groups in total. The van der Waals surface area contributed by atoms with E-state index in [9.17, 15) is 9.18 Å². The molecule has 2 heterocycles. The standard InChI is InChI=1S/C19H14FN3O/c20-12-7-8-14-17(10-12)23(11-13-4-1-2-9-22-13)16-6-3-5-15(18(14)16)19(21)24/h1-10H,11H2,(H2,21,24). The number of aromatic nitrogens is 2. The summed E-state index contributed by atoms with van der Waals surface area (Å²) in [4.78, 5) is 16.2. The summed E-state index contributed by atoms with van der Waals surface area (Å²) >= 11 is 0. The van der Waals surface area contributed by atoms with Gasteiger partial charge < -0.3 is 10.3 Å². The van der Waals surface area contributed by atoms with Crippen LogP contribution in [0.5, 0.6) is 0 Å². The van der Waals surface area contributed by atoms with Gasteiger partial charge in [0.25, 0.3) is 0 Å². The Balaban J connectivity index is 2.08. The van der Waals surface area contributed by atoms with Crippen molar-refractivity contribution in [2.45, 2.75) is 6.54 Å². The minimum atomic E-state index is -0.498. The van der Waals surface area contributed by atoms with Crippen molar-refractivity contribution in [2.75, 3.05) is 0 Å². The van der Waals surface area contributed by atoms with Crippen LogP contribution in [0.4, 0.5) is 4.39 Å². The molecule has 2 aromatic heterocycles. The molecule has 0 unspecified atom stereocenters. The van der Waals surface area contributed by atoms with Crippen LogP contribution < -0.4 is 5.73 Å². The maximum atomic E-state index is 13.8. The van der Waals surface area contributed by atoms with Gasteiger partial charge in [-0.3, -0.25) is 9.78 Å². The van der Waals surface area contributed by atoms with Gasteiger partial charge in [0.05, 0.1) is 23.3 Å². The third-order valence-electron chi connectivity index (χ3n) is 4.16. The summed E-state index contributed by atoms with van der Waals surface area (Å²) in [7, 11) is 0. The molecule has 1 amide bonds. The number of pyridine rings is 1. The number of primary amides is 1. The van der Waals surface area contributed by atoms with E-state index in [0.717, 1.165) is 22.0 Å². The van der Waals surface area contributed by atoms with Crippen LogP contribution in [0.2, 0.25) is 0 Å². The van der Waals surface area contributed by atoms with Crippen molar-refractivity contribution in [3.05, 3.63) is 77.9 Å². The van der Waals surface area contributed by atoms with Gasteiger partial charge >= 0.3 is 0 Å². The fourth-order valence-electron chi connectivity index (χ4n) is 3.15. The van der Waals surface area contributed by atoms with E-state index >= 15 is 0 Å². The first-order valence-corrected chi connectivity index (χ1v) is 7.55. The number of hydrogen-bond donors (Lipinski definition) is 1. The van der Waals surface area contributed by atoms with E-state index in [1.165, 1.54) is 12.1 Å². The molecule has 0 radical (unpaired) electrons. The molecule has 0 atom stereocenters. The molecule has 0 aliphatic rings. The molecule has 0 bridgehead atoms. The predicted molar refractivity (Wildman–Crippen MR) is 91.3 cm³/mol. The second-order valence-electron chi connectivity index (χ2n) is 5.63. The molecular formula is C19H14FN3O. The normalized spacial score (nSPS) is 11.2. The third-order valence-corrected chi connectivity index (χ3v) is 4.16. The summed E-state index contributed by atoms with van der Waals surface area (Å²) in [5, 5.41) is 1.55. The summed E-state index contributed by atoms with van der Waals surface area (Å²) in [5.41, 5.74) is 8.36. The number of halogens is 1. The van der Waals surface area contributed by atoms with Crippen molar-refractivity contribution in [2.24, 2.45) is 5.73 Å². The Bertz CT molecular complexity index is 1070. The molecule has 5 heteroatoms. The number of carbonyl (C=O) groups excluding carboxylic acids is 1. The fraction of sp³-hybridized carbons (Fsp3) is 0.0526. The first-order chi connectivity index (χ1) is 11.6. The third kappa shape index (κ3) is 2.22. The molecule has 0 fully saturated rings. The minimum Gasteiger partial charge on any atom is -0.366 e. The van der Waals surface area contributed by atoms with Crippen molar-refractivity contribution in [3.8, 4) is 0 Å². The zero-order chi connectivity index (χ0) is 16.7. The molecule has 0 saturated heterocycles. The first-order valence-electron chi connectivity index (χ1n) is 7.55. The van der Waals surface area contributed by atoms with Gasteiger partial charge in [0.15, 0.2) is 0 Å². The van der Waals surface area contributed by atoms with Gasteiger partial charge in [0.1, 0.15) is 5.82 Å².